The molecule has 1 heterocycles. The van der Waals surface area contributed by atoms with E-state index in [9.17, 15) is 8.42 Å². The van der Waals surface area contributed by atoms with E-state index in [0.717, 1.165) is 37.4 Å². The van der Waals surface area contributed by atoms with E-state index in [1.165, 1.54) is 19.3 Å². The van der Waals surface area contributed by atoms with Gasteiger partial charge in [0.05, 0.1) is 12.3 Å². The maximum atomic E-state index is 11.6. The third-order valence-electron chi connectivity index (χ3n) is 4.68. The Morgan fingerprint density at radius 2 is 1.95 bits per heavy atom. The number of nitrogens with one attached hydrogen (secondary N) is 1. The minimum Gasteiger partial charge on any atom is -0.357 e. The second-order valence-corrected chi connectivity index (χ2v) is 8.52. The van der Waals surface area contributed by atoms with Crippen molar-refractivity contribution < 1.29 is 8.42 Å². The van der Waals surface area contributed by atoms with E-state index >= 15 is 0 Å². The number of nitrogens with zero attached hydrogens (tertiary/aromatic N) is 2. The maximum absolute atomic E-state index is 11.6. The van der Waals surface area contributed by atoms with Gasteiger partial charge in [-0.1, -0.05) is 33.6 Å². The lowest BCUT2D eigenvalue weighted by atomic mass is 9.87. The molecule has 1 rings (SSSR count). The van der Waals surface area contributed by atoms with Gasteiger partial charge in [0, 0.05) is 25.4 Å². The summed E-state index contributed by atoms with van der Waals surface area (Å²) >= 11 is 0. The second-order valence-electron chi connectivity index (χ2n) is 6.04. The van der Waals surface area contributed by atoms with Crippen molar-refractivity contribution in [2.75, 3.05) is 37.7 Å². The number of sulfone groups is 1. The molecule has 1 N–H and O–H groups in total. The van der Waals surface area contributed by atoms with Crippen molar-refractivity contribution in [3.8, 4) is 0 Å². The van der Waals surface area contributed by atoms with E-state index in [4.69, 9.17) is 0 Å². The van der Waals surface area contributed by atoms with Crippen molar-refractivity contribution in [3.63, 3.8) is 0 Å². The molecule has 0 aromatic heterocycles. The highest BCUT2D eigenvalue weighted by molar-refractivity contribution is 7.91. The van der Waals surface area contributed by atoms with Gasteiger partial charge in [-0.3, -0.25) is 4.99 Å². The first-order chi connectivity index (χ1) is 10.5. The minimum absolute atomic E-state index is 0.141. The molecule has 1 aliphatic rings. The third kappa shape index (κ3) is 5.78. The van der Waals surface area contributed by atoms with Crippen LogP contribution in [0, 0.1) is 11.8 Å². The minimum atomic E-state index is -2.94. The molecule has 6 heteroatoms. The predicted molar refractivity (Wildman–Crippen MR) is 94.1 cm³/mol. The van der Waals surface area contributed by atoms with Crippen LogP contribution in [0.1, 0.15) is 47.0 Å². The molecule has 1 aliphatic heterocycles. The zero-order valence-corrected chi connectivity index (χ0v) is 15.5. The molecule has 1 atom stereocenters. The van der Waals surface area contributed by atoms with E-state index in [-0.39, 0.29) is 11.5 Å². The molecular weight excluding hydrogens is 298 g/mol. The first-order valence-corrected chi connectivity index (χ1v) is 10.5. The van der Waals surface area contributed by atoms with Crippen LogP contribution in [0.3, 0.4) is 0 Å². The number of likely N-dealkylation sites (tertiary alicyclic amines) is 1. The summed E-state index contributed by atoms with van der Waals surface area (Å²) in [5, 5.41) is 3.31. The quantitative estimate of drug-likeness (QED) is 0.547. The maximum Gasteiger partial charge on any atom is 0.193 e. The van der Waals surface area contributed by atoms with E-state index in [2.05, 4.69) is 29.1 Å². The standard InChI is InChI=1S/C16H33N3O2S/c1-5-14(6-2)15-9-11-19(13-15)16(17-7-3)18-10-12-22(20,21)8-4/h14-15H,5-13H2,1-4H3,(H,17,18). The van der Waals surface area contributed by atoms with Crippen LogP contribution >= 0.6 is 0 Å². The molecule has 5 nitrogen and oxygen atoms in total. The summed E-state index contributed by atoms with van der Waals surface area (Å²) in [6.45, 7) is 11.5. The Hall–Kier alpha value is -0.780. The Kier molecular flexibility index (Phi) is 8.21. The van der Waals surface area contributed by atoms with E-state index in [1.807, 2.05) is 6.92 Å². The van der Waals surface area contributed by atoms with Crippen LogP contribution in [0.15, 0.2) is 4.99 Å². The topological polar surface area (TPSA) is 61.8 Å². The SMILES string of the molecule is CCNC(=NCCS(=O)(=O)CC)N1CCC(C(CC)CC)C1. The zero-order chi connectivity index (χ0) is 16.6. The van der Waals surface area contributed by atoms with E-state index < -0.39 is 9.84 Å². The van der Waals surface area contributed by atoms with Crippen molar-refractivity contribution >= 4 is 15.8 Å². The van der Waals surface area contributed by atoms with Gasteiger partial charge in [-0.25, -0.2) is 8.42 Å². The van der Waals surface area contributed by atoms with Crippen LogP contribution < -0.4 is 5.32 Å². The lowest BCUT2D eigenvalue weighted by Gasteiger charge is -2.24. The van der Waals surface area contributed by atoms with Crippen LogP contribution in [0.25, 0.3) is 0 Å². The number of hydrogen-bond acceptors (Lipinski definition) is 3. The molecule has 130 valence electrons. The monoisotopic (exact) mass is 331 g/mol. The molecule has 1 fully saturated rings. The normalized spacial score (nSPS) is 20.0. The molecule has 22 heavy (non-hydrogen) atoms. The third-order valence-corrected chi connectivity index (χ3v) is 6.36. The highest BCUT2D eigenvalue weighted by atomic mass is 32.2. The van der Waals surface area contributed by atoms with Crippen molar-refractivity contribution in [2.24, 2.45) is 16.8 Å². The molecule has 0 bridgehead atoms. The summed E-state index contributed by atoms with van der Waals surface area (Å²) in [5.41, 5.74) is 0. The van der Waals surface area contributed by atoms with Crippen LogP contribution in [0.2, 0.25) is 0 Å². The number of aliphatic imine (C=N–C) groups is 1. The highest BCUT2D eigenvalue weighted by Gasteiger charge is 2.29. The fourth-order valence-corrected chi connectivity index (χ4v) is 3.84. The first kappa shape index (κ1) is 19.3. The largest absolute Gasteiger partial charge is 0.357 e. The summed E-state index contributed by atoms with van der Waals surface area (Å²) in [6, 6.07) is 0. The molecule has 0 aromatic carbocycles. The Morgan fingerprint density at radius 1 is 1.27 bits per heavy atom. The van der Waals surface area contributed by atoms with E-state index in [0.29, 0.717) is 6.54 Å². The van der Waals surface area contributed by atoms with Gasteiger partial charge in [0.2, 0.25) is 0 Å². The van der Waals surface area contributed by atoms with Gasteiger partial charge in [0.15, 0.2) is 15.8 Å². The Labute approximate surface area is 136 Å². The van der Waals surface area contributed by atoms with Crippen LogP contribution in [0.4, 0.5) is 0 Å². The van der Waals surface area contributed by atoms with Crippen molar-refractivity contribution in [1.82, 2.24) is 10.2 Å². The van der Waals surface area contributed by atoms with Crippen molar-refractivity contribution in [1.29, 1.82) is 0 Å². The summed E-state index contributed by atoms with van der Waals surface area (Å²) in [7, 11) is -2.94. The molecule has 0 amide bonds. The van der Waals surface area contributed by atoms with Gasteiger partial charge in [-0.05, 0) is 25.2 Å². The van der Waals surface area contributed by atoms with E-state index in [1.54, 1.807) is 6.92 Å². The van der Waals surface area contributed by atoms with Crippen LogP contribution in [-0.4, -0.2) is 57.0 Å². The number of guanidine groups is 1. The summed E-state index contributed by atoms with van der Waals surface area (Å²) in [4.78, 5) is 6.82. The lowest BCUT2D eigenvalue weighted by molar-refractivity contribution is 0.319. The van der Waals surface area contributed by atoms with Crippen LogP contribution in [0.5, 0.6) is 0 Å². The average Bonchev–Trinajstić information content (AvgIpc) is 2.97. The van der Waals surface area contributed by atoms with Gasteiger partial charge in [-0.15, -0.1) is 0 Å². The summed E-state index contributed by atoms with van der Waals surface area (Å²) in [6.07, 6.45) is 3.68. The molecule has 0 spiro atoms. The average molecular weight is 332 g/mol. The number of rotatable bonds is 8. The molecule has 1 saturated heterocycles. The Balaban J connectivity index is 2.64. The fraction of sp³-hybridized carbons (Fsp3) is 0.938. The summed E-state index contributed by atoms with van der Waals surface area (Å²) in [5.74, 6) is 2.73. The summed E-state index contributed by atoms with van der Waals surface area (Å²) < 4.78 is 23.2. The predicted octanol–water partition coefficient (Wildman–Crippen LogP) is 2.14. The second kappa shape index (κ2) is 9.38. The lowest BCUT2D eigenvalue weighted by Crippen LogP contribution is -2.40. The Morgan fingerprint density at radius 3 is 2.50 bits per heavy atom. The molecule has 0 saturated carbocycles. The van der Waals surface area contributed by atoms with Crippen LogP contribution in [-0.2, 0) is 9.84 Å². The smallest absolute Gasteiger partial charge is 0.193 e. The number of hydrogen-bond donors (Lipinski definition) is 1. The fourth-order valence-electron chi connectivity index (χ4n) is 3.18. The zero-order valence-electron chi connectivity index (χ0n) is 14.6. The molecule has 0 radical (unpaired) electrons. The first-order valence-electron chi connectivity index (χ1n) is 8.70. The van der Waals surface area contributed by atoms with Gasteiger partial charge >= 0.3 is 0 Å². The molecule has 0 aliphatic carbocycles. The van der Waals surface area contributed by atoms with Gasteiger partial charge < -0.3 is 10.2 Å². The van der Waals surface area contributed by atoms with Gasteiger partial charge in [0.1, 0.15) is 0 Å². The van der Waals surface area contributed by atoms with Crippen molar-refractivity contribution in [3.05, 3.63) is 0 Å². The highest BCUT2D eigenvalue weighted by Crippen LogP contribution is 2.28. The molecule has 1 unspecified atom stereocenters. The van der Waals surface area contributed by atoms with Gasteiger partial charge in [0.25, 0.3) is 0 Å². The Bertz CT molecular complexity index is 444. The van der Waals surface area contributed by atoms with Crippen molar-refractivity contribution in [2.45, 2.75) is 47.0 Å². The molecular formula is C16H33N3O2S. The molecule has 0 aromatic rings. The van der Waals surface area contributed by atoms with Gasteiger partial charge in [-0.2, -0.15) is 0 Å².